The molecule has 0 aliphatic heterocycles. The zero-order valence-electron chi connectivity index (χ0n) is 12.6. The van der Waals surface area contributed by atoms with E-state index in [4.69, 9.17) is 22.7 Å². The van der Waals surface area contributed by atoms with Crippen LogP contribution in [0.4, 0.5) is 0 Å². The molecule has 0 aliphatic rings. The first-order valence-electron chi connectivity index (χ1n) is 7.00. The number of thiocarbonyl (C=S) groups is 1. The number of nitrogens with zero attached hydrogens (tertiary/aromatic N) is 1. The molecule has 21 heavy (non-hydrogen) atoms. The summed E-state index contributed by atoms with van der Waals surface area (Å²) in [5, 5.41) is 2.84. The average molecular weight is 309 g/mol. The Kier molecular flexibility index (Phi) is 7.71. The summed E-state index contributed by atoms with van der Waals surface area (Å²) in [6, 6.07) is 7.34. The van der Waals surface area contributed by atoms with Crippen LogP contribution in [-0.4, -0.2) is 49.1 Å². The summed E-state index contributed by atoms with van der Waals surface area (Å²) in [5.74, 6) is 0.805. The normalized spacial score (nSPS) is 10.4. The number of carbonyl (C=O) groups is 1. The molecule has 5 nitrogen and oxygen atoms in total. The lowest BCUT2D eigenvalue weighted by Crippen LogP contribution is -2.37. The molecule has 1 aromatic carbocycles. The Hall–Kier alpha value is -1.66. The van der Waals surface area contributed by atoms with E-state index < -0.39 is 0 Å². The molecule has 1 aromatic rings. The van der Waals surface area contributed by atoms with Crippen molar-refractivity contribution in [3.8, 4) is 5.75 Å². The van der Waals surface area contributed by atoms with Crippen LogP contribution >= 0.6 is 12.2 Å². The van der Waals surface area contributed by atoms with Gasteiger partial charge in [-0.25, -0.2) is 0 Å². The third kappa shape index (κ3) is 7.06. The highest BCUT2D eigenvalue weighted by atomic mass is 32.1. The second kappa shape index (κ2) is 9.31. The molecule has 1 rings (SSSR count). The van der Waals surface area contributed by atoms with Gasteiger partial charge >= 0.3 is 0 Å². The van der Waals surface area contributed by atoms with Gasteiger partial charge in [0.15, 0.2) is 0 Å². The molecule has 0 atom stereocenters. The average Bonchev–Trinajstić information content (AvgIpc) is 2.45. The predicted octanol–water partition coefficient (Wildman–Crippen LogP) is 1.16. The molecule has 0 fully saturated rings. The van der Waals surface area contributed by atoms with Crippen molar-refractivity contribution < 1.29 is 9.53 Å². The van der Waals surface area contributed by atoms with E-state index in [0.717, 1.165) is 24.3 Å². The second-order valence-electron chi connectivity index (χ2n) is 4.82. The van der Waals surface area contributed by atoms with Gasteiger partial charge in [-0.15, -0.1) is 0 Å². The fraction of sp³-hybridized carbons (Fsp3) is 0.467. The van der Waals surface area contributed by atoms with Gasteiger partial charge in [-0.2, -0.15) is 0 Å². The highest BCUT2D eigenvalue weighted by Gasteiger charge is 2.05. The van der Waals surface area contributed by atoms with Crippen molar-refractivity contribution in [2.45, 2.75) is 13.3 Å². The van der Waals surface area contributed by atoms with Gasteiger partial charge in [-0.1, -0.05) is 19.1 Å². The summed E-state index contributed by atoms with van der Waals surface area (Å²) in [6.45, 7) is 4.32. The minimum atomic E-state index is 0.0418. The molecule has 0 bridgehead atoms. The number of benzene rings is 1. The Morgan fingerprint density at radius 1 is 1.38 bits per heavy atom. The Bertz CT molecular complexity index is 462. The van der Waals surface area contributed by atoms with Crippen molar-refractivity contribution in [3.05, 3.63) is 29.8 Å². The topological polar surface area (TPSA) is 67.6 Å². The summed E-state index contributed by atoms with van der Waals surface area (Å²) >= 11 is 4.89. The largest absolute Gasteiger partial charge is 0.492 e. The highest BCUT2D eigenvalue weighted by molar-refractivity contribution is 7.80. The molecular formula is C15H23N3O2S. The van der Waals surface area contributed by atoms with E-state index in [2.05, 4.69) is 5.32 Å². The number of likely N-dealkylation sites (N-methyl/N-ethyl adjacent to an activating group) is 1. The van der Waals surface area contributed by atoms with E-state index in [9.17, 15) is 4.79 Å². The van der Waals surface area contributed by atoms with Gasteiger partial charge in [0.05, 0.1) is 6.54 Å². The molecule has 3 N–H and O–H groups in total. The maximum absolute atomic E-state index is 11.5. The minimum absolute atomic E-state index is 0.0418. The molecule has 0 spiro atoms. The number of carbonyl (C=O) groups excluding carboxylic acids is 1. The van der Waals surface area contributed by atoms with Crippen molar-refractivity contribution in [3.63, 3.8) is 0 Å². The molecule has 0 heterocycles. The number of hydrogen-bond acceptors (Lipinski definition) is 4. The number of rotatable bonds is 9. The van der Waals surface area contributed by atoms with Gasteiger partial charge in [0.2, 0.25) is 5.91 Å². The Labute approximate surface area is 131 Å². The van der Waals surface area contributed by atoms with Gasteiger partial charge in [0.25, 0.3) is 0 Å². The third-order valence-corrected chi connectivity index (χ3v) is 3.10. The minimum Gasteiger partial charge on any atom is -0.492 e. The van der Waals surface area contributed by atoms with Crippen molar-refractivity contribution in [2.24, 2.45) is 5.73 Å². The molecule has 0 aromatic heterocycles. The van der Waals surface area contributed by atoms with E-state index in [1.54, 1.807) is 0 Å². The molecule has 1 amide bonds. The van der Waals surface area contributed by atoms with Crippen molar-refractivity contribution in [2.75, 3.05) is 33.3 Å². The Morgan fingerprint density at radius 3 is 2.62 bits per heavy atom. The first-order valence-corrected chi connectivity index (χ1v) is 7.41. The zero-order chi connectivity index (χ0) is 15.7. The van der Waals surface area contributed by atoms with Crippen LogP contribution in [0.5, 0.6) is 5.75 Å². The molecule has 0 aliphatic carbocycles. The standard InChI is InChI=1S/C15H23N3O2S/c1-3-8-17-14(19)11-18(2)9-10-20-13-6-4-12(5-7-13)15(16)21/h4-7H,3,8-11H2,1-2H3,(H2,16,21)(H,17,19). The number of amides is 1. The maximum Gasteiger partial charge on any atom is 0.234 e. The van der Waals surface area contributed by atoms with E-state index in [1.165, 1.54) is 0 Å². The highest BCUT2D eigenvalue weighted by Crippen LogP contribution is 2.11. The quantitative estimate of drug-likeness (QED) is 0.670. The van der Waals surface area contributed by atoms with E-state index in [0.29, 0.717) is 24.7 Å². The van der Waals surface area contributed by atoms with Crippen LogP contribution in [0.1, 0.15) is 18.9 Å². The van der Waals surface area contributed by atoms with Gasteiger partial charge in [-0.05, 0) is 37.7 Å². The Morgan fingerprint density at radius 2 is 2.05 bits per heavy atom. The van der Waals surface area contributed by atoms with Crippen LogP contribution in [0.2, 0.25) is 0 Å². The predicted molar refractivity (Wildman–Crippen MR) is 88.6 cm³/mol. The van der Waals surface area contributed by atoms with Crippen molar-refractivity contribution in [1.82, 2.24) is 10.2 Å². The lowest BCUT2D eigenvalue weighted by atomic mass is 10.2. The SMILES string of the molecule is CCCNC(=O)CN(C)CCOc1ccc(C(N)=S)cc1. The van der Waals surface area contributed by atoms with Crippen LogP contribution in [0.15, 0.2) is 24.3 Å². The molecule has 0 saturated heterocycles. The molecule has 0 unspecified atom stereocenters. The molecular weight excluding hydrogens is 286 g/mol. The van der Waals surface area contributed by atoms with Gasteiger partial charge < -0.3 is 15.8 Å². The fourth-order valence-electron chi connectivity index (χ4n) is 1.68. The first-order chi connectivity index (χ1) is 10.0. The molecule has 0 saturated carbocycles. The fourth-order valence-corrected chi connectivity index (χ4v) is 1.82. The lowest BCUT2D eigenvalue weighted by molar-refractivity contribution is -0.122. The van der Waals surface area contributed by atoms with Gasteiger partial charge in [-0.3, -0.25) is 9.69 Å². The Balaban J connectivity index is 2.26. The second-order valence-corrected chi connectivity index (χ2v) is 5.26. The zero-order valence-corrected chi connectivity index (χ0v) is 13.4. The van der Waals surface area contributed by atoms with E-state index in [1.807, 2.05) is 43.1 Å². The number of nitrogens with one attached hydrogen (secondary N) is 1. The van der Waals surface area contributed by atoms with Crippen LogP contribution in [-0.2, 0) is 4.79 Å². The van der Waals surface area contributed by atoms with Crippen LogP contribution in [0.25, 0.3) is 0 Å². The lowest BCUT2D eigenvalue weighted by Gasteiger charge is -2.16. The third-order valence-electron chi connectivity index (χ3n) is 2.87. The summed E-state index contributed by atoms with van der Waals surface area (Å²) in [6.07, 6.45) is 0.945. The van der Waals surface area contributed by atoms with Crippen molar-refractivity contribution >= 4 is 23.1 Å². The van der Waals surface area contributed by atoms with Crippen LogP contribution in [0.3, 0.4) is 0 Å². The summed E-state index contributed by atoms with van der Waals surface area (Å²) in [4.78, 5) is 13.8. The number of nitrogens with two attached hydrogens (primary N) is 1. The van der Waals surface area contributed by atoms with Crippen molar-refractivity contribution in [1.29, 1.82) is 0 Å². The van der Waals surface area contributed by atoms with Gasteiger partial charge in [0.1, 0.15) is 17.3 Å². The number of hydrogen-bond donors (Lipinski definition) is 2. The van der Waals surface area contributed by atoms with Crippen LogP contribution in [0, 0.1) is 0 Å². The van der Waals surface area contributed by atoms with Gasteiger partial charge in [0, 0.05) is 18.7 Å². The smallest absolute Gasteiger partial charge is 0.234 e. The summed E-state index contributed by atoms with van der Waals surface area (Å²) in [5.41, 5.74) is 6.35. The van der Waals surface area contributed by atoms with E-state index in [-0.39, 0.29) is 5.91 Å². The summed E-state index contributed by atoms with van der Waals surface area (Å²) in [7, 11) is 1.89. The molecule has 116 valence electrons. The summed E-state index contributed by atoms with van der Waals surface area (Å²) < 4.78 is 5.62. The first kappa shape index (κ1) is 17.4. The maximum atomic E-state index is 11.5. The molecule has 0 radical (unpaired) electrons. The monoisotopic (exact) mass is 309 g/mol. The number of ether oxygens (including phenoxy) is 1. The molecule has 6 heteroatoms. The van der Waals surface area contributed by atoms with Crippen LogP contribution < -0.4 is 15.8 Å². The van der Waals surface area contributed by atoms with E-state index >= 15 is 0 Å².